The van der Waals surface area contributed by atoms with E-state index < -0.39 is 11.9 Å². The fourth-order valence-electron chi connectivity index (χ4n) is 1.52. The van der Waals surface area contributed by atoms with Crippen molar-refractivity contribution in [3.8, 4) is 12.3 Å². The molecule has 2 amide bonds. The summed E-state index contributed by atoms with van der Waals surface area (Å²) in [6.45, 7) is 0. The Labute approximate surface area is 107 Å². The number of hydrogen-bond acceptors (Lipinski definition) is 2. The van der Waals surface area contributed by atoms with E-state index in [1.807, 2.05) is 6.07 Å². The Balaban J connectivity index is 2.59. The number of hydrogen-bond donors (Lipinski definition) is 2. The molecule has 0 radical (unpaired) electrons. The Bertz CT molecular complexity index is 449. The van der Waals surface area contributed by atoms with Crippen LogP contribution in [0.25, 0.3) is 0 Å². The van der Waals surface area contributed by atoms with Crippen LogP contribution < -0.4 is 11.1 Å². The highest BCUT2D eigenvalue weighted by Gasteiger charge is 2.17. The van der Waals surface area contributed by atoms with Crippen LogP contribution in [0, 0.1) is 12.3 Å². The number of rotatable bonds is 6. The molecule has 0 aliphatic rings. The molecule has 0 bridgehead atoms. The summed E-state index contributed by atoms with van der Waals surface area (Å²) < 4.78 is 0. The minimum absolute atomic E-state index is 0.305. The quantitative estimate of drug-likeness (QED) is 0.580. The number of carbonyl (C=O) groups is 2. The molecule has 4 nitrogen and oxygen atoms in total. The van der Waals surface area contributed by atoms with Crippen molar-refractivity contribution in [1.82, 2.24) is 5.32 Å². The lowest BCUT2D eigenvalue weighted by Crippen LogP contribution is -2.44. The minimum Gasteiger partial charge on any atom is -0.368 e. The maximum atomic E-state index is 11.8. The van der Waals surface area contributed by atoms with Crippen LogP contribution in [0.3, 0.4) is 0 Å². The molecular formula is C14H16N2O2. The molecule has 0 aliphatic carbocycles. The van der Waals surface area contributed by atoms with Crippen molar-refractivity contribution in [2.75, 3.05) is 0 Å². The Kier molecular flexibility index (Phi) is 5.46. The number of terminal acetylenes is 1. The van der Waals surface area contributed by atoms with Gasteiger partial charge in [0.05, 0.1) is 0 Å². The van der Waals surface area contributed by atoms with E-state index in [1.54, 1.807) is 24.3 Å². The zero-order valence-electron chi connectivity index (χ0n) is 10.1. The zero-order valence-corrected chi connectivity index (χ0v) is 10.1. The van der Waals surface area contributed by atoms with E-state index in [9.17, 15) is 9.59 Å². The van der Waals surface area contributed by atoms with Crippen LogP contribution in [0.5, 0.6) is 0 Å². The summed E-state index contributed by atoms with van der Waals surface area (Å²) in [4.78, 5) is 23.0. The molecule has 0 aromatic heterocycles. The van der Waals surface area contributed by atoms with E-state index in [0.717, 1.165) is 0 Å². The van der Waals surface area contributed by atoms with Crippen molar-refractivity contribution >= 4 is 11.8 Å². The van der Waals surface area contributed by atoms with Crippen molar-refractivity contribution in [2.45, 2.75) is 25.3 Å². The van der Waals surface area contributed by atoms with E-state index in [-0.39, 0.29) is 5.91 Å². The molecule has 1 aromatic rings. The van der Waals surface area contributed by atoms with Crippen LogP contribution in [0.1, 0.15) is 29.6 Å². The maximum Gasteiger partial charge on any atom is 0.251 e. The summed E-state index contributed by atoms with van der Waals surface area (Å²) in [5.74, 6) is 1.63. The highest BCUT2D eigenvalue weighted by Crippen LogP contribution is 2.03. The summed E-state index contributed by atoms with van der Waals surface area (Å²) in [6.07, 6.45) is 6.80. The maximum absolute atomic E-state index is 11.8. The van der Waals surface area contributed by atoms with E-state index >= 15 is 0 Å². The molecule has 0 fully saturated rings. The van der Waals surface area contributed by atoms with Crippen molar-refractivity contribution in [2.24, 2.45) is 5.73 Å². The van der Waals surface area contributed by atoms with Gasteiger partial charge in [0, 0.05) is 12.0 Å². The second-order valence-electron chi connectivity index (χ2n) is 3.89. The summed E-state index contributed by atoms with van der Waals surface area (Å²) in [6, 6.07) is 8.00. The van der Waals surface area contributed by atoms with Gasteiger partial charge in [-0.2, -0.15) is 0 Å². The van der Waals surface area contributed by atoms with Gasteiger partial charge in [0.15, 0.2) is 0 Å². The van der Waals surface area contributed by atoms with E-state index in [4.69, 9.17) is 12.2 Å². The van der Waals surface area contributed by atoms with Crippen molar-refractivity contribution in [3.05, 3.63) is 35.9 Å². The standard InChI is InChI=1S/C14H16N2O2/c1-2-3-5-10-12(13(15)17)16-14(18)11-8-6-4-7-9-11/h1,4,6-9,12H,3,5,10H2,(H2,15,17)(H,16,18)/t12-/m1/s1. The SMILES string of the molecule is C#CCCC[C@@H](NC(=O)c1ccccc1)C(N)=O. The molecule has 18 heavy (non-hydrogen) atoms. The normalized spacial score (nSPS) is 11.3. The van der Waals surface area contributed by atoms with Gasteiger partial charge in [0.25, 0.3) is 5.91 Å². The molecular weight excluding hydrogens is 228 g/mol. The summed E-state index contributed by atoms with van der Waals surface area (Å²) in [5.41, 5.74) is 5.74. The van der Waals surface area contributed by atoms with Crippen LogP contribution in [0.4, 0.5) is 0 Å². The summed E-state index contributed by atoms with van der Waals surface area (Å²) in [7, 11) is 0. The highest BCUT2D eigenvalue weighted by molar-refractivity contribution is 5.97. The van der Waals surface area contributed by atoms with Gasteiger partial charge in [-0.1, -0.05) is 18.2 Å². The van der Waals surface area contributed by atoms with E-state index in [1.165, 1.54) is 0 Å². The molecule has 3 N–H and O–H groups in total. The second kappa shape index (κ2) is 7.13. The monoisotopic (exact) mass is 244 g/mol. The van der Waals surface area contributed by atoms with Gasteiger partial charge in [-0.3, -0.25) is 9.59 Å². The van der Waals surface area contributed by atoms with Crippen LogP contribution in [-0.4, -0.2) is 17.9 Å². The van der Waals surface area contributed by atoms with Gasteiger partial charge in [0.1, 0.15) is 6.04 Å². The number of amides is 2. The molecule has 0 aliphatic heterocycles. The molecule has 1 rings (SSSR count). The molecule has 0 spiro atoms. The van der Waals surface area contributed by atoms with Crippen molar-refractivity contribution < 1.29 is 9.59 Å². The molecule has 94 valence electrons. The molecule has 0 heterocycles. The predicted molar refractivity (Wildman–Crippen MR) is 69.6 cm³/mol. The first kappa shape index (κ1) is 13.8. The van der Waals surface area contributed by atoms with E-state index in [0.29, 0.717) is 24.8 Å². The van der Waals surface area contributed by atoms with E-state index in [2.05, 4.69) is 11.2 Å². The largest absolute Gasteiger partial charge is 0.368 e. The Hall–Kier alpha value is -2.28. The Morgan fingerprint density at radius 3 is 2.56 bits per heavy atom. The number of nitrogens with two attached hydrogens (primary N) is 1. The number of primary amides is 1. The van der Waals surface area contributed by atoms with Gasteiger partial charge in [-0.25, -0.2) is 0 Å². The predicted octanol–water partition coefficient (Wildman–Crippen LogP) is 1.07. The van der Waals surface area contributed by atoms with Gasteiger partial charge < -0.3 is 11.1 Å². The van der Waals surface area contributed by atoms with Crippen LogP contribution in [0.15, 0.2) is 30.3 Å². The first-order valence-electron chi connectivity index (χ1n) is 5.74. The first-order valence-corrected chi connectivity index (χ1v) is 5.74. The molecule has 1 atom stereocenters. The Morgan fingerprint density at radius 2 is 2.00 bits per heavy atom. The van der Waals surface area contributed by atoms with Gasteiger partial charge in [-0.05, 0) is 25.0 Å². The van der Waals surface area contributed by atoms with Crippen LogP contribution >= 0.6 is 0 Å². The number of unbranched alkanes of at least 4 members (excludes halogenated alkanes) is 1. The average molecular weight is 244 g/mol. The molecule has 0 saturated heterocycles. The fraction of sp³-hybridized carbons (Fsp3) is 0.286. The lowest BCUT2D eigenvalue weighted by molar-refractivity contribution is -0.120. The van der Waals surface area contributed by atoms with Gasteiger partial charge in [-0.15, -0.1) is 12.3 Å². The minimum atomic E-state index is -0.675. The van der Waals surface area contributed by atoms with Crippen molar-refractivity contribution in [1.29, 1.82) is 0 Å². The highest BCUT2D eigenvalue weighted by atomic mass is 16.2. The number of nitrogens with one attached hydrogen (secondary N) is 1. The average Bonchev–Trinajstić information content (AvgIpc) is 2.38. The topological polar surface area (TPSA) is 72.2 Å². The fourth-order valence-corrected chi connectivity index (χ4v) is 1.52. The Morgan fingerprint density at radius 1 is 1.33 bits per heavy atom. The first-order chi connectivity index (χ1) is 8.65. The third-order valence-corrected chi connectivity index (χ3v) is 2.50. The molecule has 1 aromatic carbocycles. The lowest BCUT2D eigenvalue weighted by Gasteiger charge is -2.14. The number of benzene rings is 1. The summed E-state index contributed by atoms with van der Waals surface area (Å²) >= 11 is 0. The smallest absolute Gasteiger partial charge is 0.251 e. The van der Waals surface area contributed by atoms with Crippen LogP contribution in [0.2, 0.25) is 0 Å². The van der Waals surface area contributed by atoms with Crippen LogP contribution in [-0.2, 0) is 4.79 Å². The summed E-state index contributed by atoms with van der Waals surface area (Å²) in [5, 5.41) is 2.61. The number of carbonyl (C=O) groups excluding carboxylic acids is 2. The molecule has 4 heteroatoms. The molecule has 0 saturated carbocycles. The molecule has 0 unspecified atom stereocenters. The zero-order chi connectivity index (χ0) is 13.4. The second-order valence-corrected chi connectivity index (χ2v) is 3.89. The third kappa shape index (κ3) is 4.30. The third-order valence-electron chi connectivity index (χ3n) is 2.50. The van der Waals surface area contributed by atoms with Gasteiger partial charge in [0.2, 0.25) is 5.91 Å². The van der Waals surface area contributed by atoms with Gasteiger partial charge >= 0.3 is 0 Å². The van der Waals surface area contributed by atoms with Crippen molar-refractivity contribution in [3.63, 3.8) is 0 Å². The lowest BCUT2D eigenvalue weighted by atomic mass is 10.1.